The minimum absolute atomic E-state index is 0.0941. The van der Waals surface area contributed by atoms with Crippen molar-refractivity contribution in [1.82, 2.24) is 0 Å². The number of carbonyl (C=O) groups is 2. The predicted molar refractivity (Wildman–Crippen MR) is 137 cm³/mol. The predicted octanol–water partition coefficient (Wildman–Crippen LogP) is 5.86. The molecule has 0 aliphatic carbocycles. The van der Waals surface area contributed by atoms with Crippen LogP contribution in [0.2, 0.25) is 0 Å². The van der Waals surface area contributed by atoms with Crippen molar-refractivity contribution >= 4 is 35.0 Å². The van der Waals surface area contributed by atoms with Crippen molar-refractivity contribution in [2.45, 2.75) is 25.1 Å². The summed E-state index contributed by atoms with van der Waals surface area (Å²) >= 11 is 1.60. The lowest BCUT2D eigenvalue weighted by Crippen LogP contribution is -2.27. The molecule has 34 heavy (non-hydrogen) atoms. The van der Waals surface area contributed by atoms with Crippen LogP contribution < -0.4 is 19.7 Å². The molecule has 1 fully saturated rings. The SMILES string of the molecule is COc1cc(OC)cc(C(=O)Nc2ccc([C@@H]3SCC(=O)N3c3ccc(C(C)C)cc3)cc2)c1. The maximum atomic E-state index is 12.8. The van der Waals surface area contributed by atoms with E-state index in [1.54, 1.807) is 44.2 Å². The number of anilines is 2. The van der Waals surface area contributed by atoms with Gasteiger partial charge in [0.15, 0.2) is 0 Å². The summed E-state index contributed by atoms with van der Waals surface area (Å²) in [5.74, 6) is 1.80. The Morgan fingerprint density at radius 3 is 2.15 bits per heavy atom. The number of rotatable bonds is 7. The Labute approximate surface area is 204 Å². The number of hydrogen-bond donors (Lipinski definition) is 1. The molecule has 1 aliphatic rings. The number of methoxy groups -OCH3 is 2. The van der Waals surface area contributed by atoms with E-state index in [4.69, 9.17) is 9.47 Å². The van der Waals surface area contributed by atoms with Gasteiger partial charge in [-0.3, -0.25) is 14.5 Å². The van der Waals surface area contributed by atoms with Gasteiger partial charge in [0.1, 0.15) is 16.9 Å². The van der Waals surface area contributed by atoms with Gasteiger partial charge in [0.05, 0.1) is 20.0 Å². The average molecular weight is 477 g/mol. The molecule has 0 saturated carbocycles. The van der Waals surface area contributed by atoms with E-state index in [1.165, 1.54) is 5.56 Å². The van der Waals surface area contributed by atoms with Gasteiger partial charge < -0.3 is 14.8 Å². The number of benzene rings is 3. The van der Waals surface area contributed by atoms with Gasteiger partial charge in [-0.05, 0) is 53.4 Å². The summed E-state index contributed by atoms with van der Waals surface area (Å²) in [6.45, 7) is 4.31. The topological polar surface area (TPSA) is 67.9 Å². The van der Waals surface area contributed by atoms with Crippen molar-refractivity contribution < 1.29 is 19.1 Å². The third-order valence-electron chi connectivity index (χ3n) is 5.77. The molecule has 1 heterocycles. The quantitative estimate of drug-likeness (QED) is 0.463. The van der Waals surface area contributed by atoms with Crippen molar-refractivity contribution in [1.29, 1.82) is 0 Å². The van der Waals surface area contributed by atoms with E-state index >= 15 is 0 Å². The second kappa shape index (κ2) is 10.2. The van der Waals surface area contributed by atoms with Gasteiger partial charge in [-0.15, -0.1) is 11.8 Å². The van der Waals surface area contributed by atoms with Crippen LogP contribution in [0.5, 0.6) is 11.5 Å². The highest BCUT2D eigenvalue weighted by atomic mass is 32.2. The maximum absolute atomic E-state index is 12.8. The minimum atomic E-state index is -0.262. The molecule has 4 rings (SSSR count). The number of nitrogens with one attached hydrogen (secondary N) is 1. The first-order valence-corrected chi connectivity index (χ1v) is 12.1. The lowest BCUT2D eigenvalue weighted by Gasteiger charge is -2.25. The first-order chi connectivity index (χ1) is 16.4. The Bertz CT molecular complexity index is 1150. The zero-order valence-corrected chi connectivity index (χ0v) is 20.5. The second-order valence-electron chi connectivity index (χ2n) is 8.35. The van der Waals surface area contributed by atoms with Crippen LogP contribution in [0.15, 0.2) is 66.7 Å². The summed E-state index contributed by atoms with van der Waals surface area (Å²) in [4.78, 5) is 27.3. The van der Waals surface area contributed by atoms with E-state index in [0.29, 0.717) is 34.4 Å². The smallest absolute Gasteiger partial charge is 0.255 e. The fourth-order valence-corrected chi connectivity index (χ4v) is 5.02. The summed E-state index contributed by atoms with van der Waals surface area (Å²) in [7, 11) is 3.09. The monoisotopic (exact) mass is 476 g/mol. The van der Waals surface area contributed by atoms with Crippen molar-refractivity contribution in [2.24, 2.45) is 0 Å². The number of ether oxygens (including phenoxy) is 2. The van der Waals surface area contributed by atoms with Crippen LogP contribution in [0.25, 0.3) is 0 Å². The number of nitrogens with zero attached hydrogens (tertiary/aromatic N) is 1. The Hall–Kier alpha value is -3.45. The van der Waals surface area contributed by atoms with E-state index in [-0.39, 0.29) is 17.2 Å². The molecule has 1 saturated heterocycles. The first-order valence-electron chi connectivity index (χ1n) is 11.1. The number of amides is 2. The molecule has 0 radical (unpaired) electrons. The second-order valence-corrected chi connectivity index (χ2v) is 9.42. The summed E-state index contributed by atoms with van der Waals surface area (Å²) in [5.41, 5.74) is 4.25. The standard InChI is InChI=1S/C27H28N2O4S/c1-17(2)18-7-11-22(12-8-18)29-25(30)16-34-27(29)19-5-9-21(10-6-19)28-26(31)20-13-23(32-3)15-24(14-20)33-4/h5-15,17,27H,16H2,1-4H3,(H,28,31)/t27-/m0/s1. The molecule has 0 bridgehead atoms. The lowest BCUT2D eigenvalue weighted by molar-refractivity contribution is -0.115. The van der Waals surface area contributed by atoms with Crippen LogP contribution in [-0.4, -0.2) is 31.8 Å². The summed E-state index contributed by atoms with van der Waals surface area (Å²) in [6, 6.07) is 20.9. The zero-order valence-electron chi connectivity index (χ0n) is 19.7. The van der Waals surface area contributed by atoms with Gasteiger partial charge in [-0.2, -0.15) is 0 Å². The Morgan fingerprint density at radius 1 is 0.971 bits per heavy atom. The highest BCUT2D eigenvalue weighted by Gasteiger charge is 2.34. The molecule has 0 aromatic heterocycles. The summed E-state index contributed by atoms with van der Waals surface area (Å²) in [5, 5.41) is 2.80. The van der Waals surface area contributed by atoms with E-state index in [1.807, 2.05) is 41.3 Å². The third-order valence-corrected chi connectivity index (χ3v) is 6.99. The largest absolute Gasteiger partial charge is 0.497 e. The van der Waals surface area contributed by atoms with E-state index in [2.05, 4.69) is 31.3 Å². The molecule has 2 amide bonds. The van der Waals surface area contributed by atoms with Crippen LogP contribution in [0.4, 0.5) is 11.4 Å². The Kier molecular flexibility index (Phi) is 7.12. The van der Waals surface area contributed by atoms with Gasteiger partial charge >= 0.3 is 0 Å². The highest BCUT2D eigenvalue weighted by Crippen LogP contribution is 2.42. The normalized spacial score (nSPS) is 15.5. The molecule has 0 spiro atoms. The van der Waals surface area contributed by atoms with E-state index in [9.17, 15) is 9.59 Å². The zero-order chi connectivity index (χ0) is 24.2. The Morgan fingerprint density at radius 2 is 1.59 bits per heavy atom. The van der Waals surface area contributed by atoms with Gasteiger partial charge in [0.2, 0.25) is 5.91 Å². The van der Waals surface area contributed by atoms with Gasteiger partial charge in [0.25, 0.3) is 5.91 Å². The first kappa shape index (κ1) is 23.7. The molecule has 1 N–H and O–H groups in total. The number of carbonyl (C=O) groups excluding carboxylic acids is 2. The number of hydrogen-bond acceptors (Lipinski definition) is 5. The molecule has 7 heteroatoms. The Balaban J connectivity index is 1.50. The number of thioether (sulfide) groups is 1. The molecule has 3 aromatic rings. The summed E-state index contributed by atoms with van der Waals surface area (Å²) < 4.78 is 10.5. The van der Waals surface area contributed by atoms with E-state index < -0.39 is 0 Å². The fourth-order valence-electron chi connectivity index (χ4n) is 3.84. The molecular weight excluding hydrogens is 448 g/mol. The van der Waals surface area contributed by atoms with Crippen LogP contribution in [0.1, 0.15) is 46.6 Å². The summed E-state index contributed by atoms with van der Waals surface area (Å²) in [6.07, 6.45) is 0. The molecule has 1 aliphatic heterocycles. The molecule has 6 nitrogen and oxygen atoms in total. The van der Waals surface area contributed by atoms with Crippen molar-refractivity contribution in [3.05, 3.63) is 83.4 Å². The van der Waals surface area contributed by atoms with Crippen LogP contribution in [-0.2, 0) is 4.79 Å². The van der Waals surface area contributed by atoms with E-state index in [0.717, 1.165) is 11.3 Å². The highest BCUT2D eigenvalue weighted by molar-refractivity contribution is 8.00. The van der Waals surface area contributed by atoms with Crippen LogP contribution in [0, 0.1) is 0 Å². The fraction of sp³-hybridized carbons (Fsp3) is 0.259. The van der Waals surface area contributed by atoms with Gasteiger partial charge in [0, 0.05) is 23.0 Å². The molecule has 176 valence electrons. The van der Waals surface area contributed by atoms with Crippen LogP contribution >= 0.6 is 11.8 Å². The van der Waals surface area contributed by atoms with Crippen molar-refractivity contribution in [2.75, 3.05) is 30.2 Å². The van der Waals surface area contributed by atoms with Gasteiger partial charge in [-0.1, -0.05) is 38.1 Å². The molecule has 3 aromatic carbocycles. The lowest BCUT2D eigenvalue weighted by atomic mass is 10.0. The molecule has 0 unspecified atom stereocenters. The molecular formula is C27H28N2O4S. The van der Waals surface area contributed by atoms with Crippen LogP contribution in [0.3, 0.4) is 0 Å². The minimum Gasteiger partial charge on any atom is -0.497 e. The third kappa shape index (κ3) is 5.04. The maximum Gasteiger partial charge on any atom is 0.255 e. The van der Waals surface area contributed by atoms with Crippen molar-refractivity contribution in [3.63, 3.8) is 0 Å². The van der Waals surface area contributed by atoms with Gasteiger partial charge in [-0.25, -0.2) is 0 Å². The van der Waals surface area contributed by atoms with Crippen molar-refractivity contribution in [3.8, 4) is 11.5 Å². The molecule has 1 atom stereocenters. The average Bonchev–Trinajstić information content (AvgIpc) is 3.25.